The van der Waals surface area contributed by atoms with Gasteiger partial charge in [0.1, 0.15) is 5.84 Å². The van der Waals surface area contributed by atoms with Gasteiger partial charge in [-0.2, -0.15) is 0 Å². The van der Waals surface area contributed by atoms with Crippen molar-refractivity contribution in [2.24, 2.45) is 4.99 Å². The third-order valence-electron chi connectivity index (χ3n) is 3.56. The average Bonchev–Trinajstić information content (AvgIpc) is 2.44. The number of para-hydroxylation sites is 1. The van der Waals surface area contributed by atoms with Crippen molar-refractivity contribution >= 4 is 11.5 Å². The molecule has 18 heavy (non-hydrogen) atoms. The lowest BCUT2D eigenvalue weighted by Crippen LogP contribution is -2.32. The molecule has 90 valence electrons. The number of hydrogen-bond acceptors (Lipinski definition) is 2. The van der Waals surface area contributed by atoms with E-state index in [4.69, 9.17) is 4.99 Å². The van der Waals surface area contributed by atoms with E-state index in [9.17, 15) is 0 Å². The van der Waals surface area contributed by atoms with E-state index in [-0.39, 0.29) is 0 Å². The van der Waals surface area contributed by atoms with E-state index in [1.165, 1.54) is 11.1 Å². The van der Waals surface area contributed by atoms with Crippen LogP contribution in [-0.2, 0) is 0 Å². The maximum atomic E-state index is 4.79. The number of aliphatic imine (C=N–C) groups is 1. The van der Waals surface area contributed by atoms with Gasteiger partial charge in [0.05, 0.1) is 11.7 Å². The molecule has 0 N–H and O–H groups in total. The fraction of sp³-hybridized carbons (Fsp3) is 0.188. The minimum absolute atomic E-state index is 0.355. The van der Waals surface area contributed by atoms with E-state index in [2.05, 4.69) is 61.3 Å². The van der Waals surface area contributed by atoms with Gasteiger partial charge in [0.15, 0.2) is 0 Å². The van der Waals surface area contributed by atoms with Crippen LogP contribution >= 0.6 is 0 Å². The van der Waals surface area contributed by atoms with Crippen molar-refractivity contribution in [1.82, 2.24) is 4.90 Å². The molecule has 1 unspecified atom stereocenters. The van der Waals surface area contributed by atoms with E-state index in [0.29, 0.717) is 6.04 Å². The first-order valence-corrected chi connectivity index (χ1v) is 6.23. The van der Waals surface area contributed by atoms with Crippen LogP contribution in [0.25, 0.3) is 0 Å². The first kappa shape index (κ1) is 11.0. The summed E-state index contributed by atoms with van der Waals surface area (Å²) in [4.78, 5) is 7.02. The van der Waals surface area contributed by atoms with Gasteiger partial charge < -0.3 is 4.90 Å². The molecule has 0 saturated carbocycles. The Morgan fingerprint density at radius 3 is 2.39 bits per heavy atom. The zero-order valence-electron chi connectivity index (χ0n) is 10.7. The second kappa shape index (κ2) is 4.30. The molecule has 1 aliphatic heterocycles. The molecule has 2 aromatic rings. The Hall–Kier alpha value is -2.09. The van der Waals surface area contributed by atoms with Gasteiger partial charge in [-0.15, -0.1) is 0 Å². The van der Waals surface area contributed by atoms with Gasteiger partial charge in [-0.1, -0.05) is 48.5 Å². The van der Waals surface area contributed by atoms with Crippen molar-refractivity contribution in [3.8, 4) is 0 Å². The summed E-state index contributed by atoms with van der Waals surface area (Å²) in [7, 11) is 2.10. The highest BCUT2D eigenvalue weighted by molar-refractivity contribution is 6.01. The summed E-state index contributed by atoms with van der Waals surface area (Å²) in [5, 5.41) is 0. The van der Waals surface area contributed by atoms with Crippen LogP contribution in [0.4, 0.5) is 5.69 Å². The lowest BCUT2D eigenvalue weighted by atomic mass is 10.0. The molecule has 2 aromatic carbocycles. The molecule has 0 spiro atoms. The Labute approximate surface area is 108 Å². The summed E-state index contributed by atoms with van der Waals surface area (Å²) in [5.74, 6) is 1.04. The summed E-state index contributed by atoms with van der Waals surface area (Å²) in [6, 6.07) is 19.1. The first-order valence-electron chi connectivity index (χ1n) is 6.23. The molecule has 1 heterocycles. The van der Waals surface area contributed by atoms with Crippen molar-refractivity contribution in [3.63, 3.8) is 0 Å². The largest absolute Gasteiger partial charge is 0.352 e. The number of nitrogens with zero attached hydrogens (tertiary/aromatic N) is 2. The van der Waals surface area contributed by atoms with Crippen LogP contribution in [0.2, 0.25) is 0 Å². The summed E-state index contributed by atoms with van der Waals surface area (Å²) >= 11 is 0. The maximum absolute atomic E-state index is 4.79. The quantitative estimate of drug-likeness (QED) is 0.736. The topological polar surface area (TPSA) is 15.6 Å². The zero-order valence-corrected chi connectivity index (χ0v) is 10.7. The van der Waals surface area contributed by atoms with E-state index in [0.717, 1.165) is 11.5 Å². The van der Waals surface area contributed by atoms with E-state index < -0.39 is 0 Å². The Bertz CT molecular complexity index is 587. The third kappa shape index (κ3) is 1.70. The SMILES string of the molecule is CC1c2ccccc2N=C(c2ccccc2)N1C. The molecule has 3 rings (SSSR count). The number of amidine groups is 1. The minimum Gasteiger partial charge on any atom is -0.352 e. The summed E-state index contributed by atoms with van der Waals surface area (Å²) in [6.45, 7) is 2.22. The fourth-order valence-corrected chi connectivity index (χ4v) is 2.38. The van der Waals surface area contributed by atoms with Crippen LogP contribution < -0.4 is 0 Å². The standard InChI is InChI=1S/C16H16N2/c1-12-14-10-6-7-11-15(14)17-16(18(12)2)13-8-4-3-5-9-13/h3-12H,1-2H3. The number of rotatable bonds is 1. The van der Waals surface area contributed by atoms with Crippen molar-refractivity contribution in [1.29, 1.82) is 0 Å². The van der Waals surface area contributed by atoms with Crippen molar-refractivity contribution in [2.45, 2.75) is 13.0 Å². The average molecular weight is 236 g/mol. The predicted octanol–water partition coefficient (Wildman–Crippen LogP) is 3.77. The third-order valence-corrected chi connectivity index (χ3v) is 3.56. The molecule has 0 fully saturated rings. The number of hydrogen-bond donors (Lipinski definition) is 0. The summed E-state index contributed by atoms with van der Waals surface area (Å²) in [5.41, 5.74) is 3.54. The van der Waals surface area contributed by atoms with Crippen molar-refractivity contribution in [2.75, 3.05) is 7.05 Å². The van der Waals surface area contributed by atoms with Crippen molar-refractivity contribution in [3.05, 3.63) is 65.7 Å². The van der Waals surface area contributed by atoms with Gasteiger partial charge in [0.25, 0.3) is 0 Å². The maximum Gasteiger partial charge on any atom is 0.136 e. The monoisotopic (exact) mass is 236 g/mol. The normalized spacial score (nSPS) is 18.2. The van der Waals surface area contributed by atoms with Crippen molar-refractivity contribution < 1.29 is 0 Å². The van der Waals surface area contributed by atoms with Gasteiger partial charge in [0, 0.05) is 12.6 Å². The lowest BCUT2D eigenvalue weighted by Gasteiger charge is -2.33. The lowest BCUT2D eigenvalue weighted by molar-refractivity contribution is 0.397. The zero-order chi connectivity index (χ0) is 12.5. The molecule has 1 atom stereocenters. The van der Waals surface area contributed by atoms with Gasteiger partial charge in [-0.3, -0.25) is 0 Å². The molecule has 0 radical (unpaired) electrons. The van der Waals surface area contributed by atoms with Crippen LogP contribution in [0.1, 0.15) is 24.1 Å². The van der Waals surface area contributed by atoms with Gasteiger partial charge in [-0.25, -0.2) is 4.99 Å². The first-order chi connectivity index (χ1) is 8.77. The second-order valence-electron chi connectivity index (χ2n) is 4.65. The van der Waals surface area contributed by atoms with Crippen LogP contribution in [0, 0.1) is 0 Å². The molecule has 0 amide bonds. The Kier molecular flexibility index (Phi) is 2.63. The van der Waals surface area contributed by atoms with E-state index >= 15 is 0 Å². The molecular weight excluding hydrogens is 220 g/mol. The molecule has 0 saturated heterocycles. The minimum atomic E-state index is 0.355. The molecule has 1 aliphatic rings. The molecule has 0 bridgehead atoms. The molecular formula is C16H16N2. The molecule has 2 nitrogen and oxygen atoms in total. The van der Waals surface area contributed by atoms with Gasteiger partial charge in [0.2, 0.25) is 0 Å². The second-order valence-corrected chi connectivity index (χ2v) is 4.65. The Morgan fingerprint density at radius 2 is 1.61 bits per heavy atom. The van der Waals surface area contributed by atoms with Gasteiger partial charge in [-0.05, 0) is 18.6 Å². The fourth-order valence-electron chi connectivity index (χ4n) is 2.38. The Morgan fingerprint density at radius 1 is 0.944 bits per heavy atom. The van der Waals surface area contributed by atoms with Crippen LogP contribution in [-0.4, -0.2) is 17.8 Å². The van der Waals surface area contributed by atoms with Crippen LogP contribution in [0.5, 0.6) is 0 Å². The van der Waals surface area contributed by atoms with E-state index in [1.807, 2.05) is 12.1 Å². The number of fused-ring (bicyclic) bond motifs is 1. The highest BCUT2D eigenvalue weighted by Gasteiger charge is 2.23. The molecule has 2 heteroatoms. The molecule has 0 aromatic heterocycles. The van der Waals surface area contributed by atoms with E-state index in [1.54, 1.807) is 0 Å². The number of benzene rings is 2. The smallest absolute Gasteiger partial charge is 0.136 e. The summed E-state index contributed by atoms with van der Waals surface area (Å²) < 4.78 is 0. The van der Waals surface area contributed by atoms with Gasteiger partial charge >= 0.3 is 0 Å². The highest BCUT2D eigenvalue weighted by atomic mass is 15.2. The molecule has 0 aliphatic carbocycles. The van der Waals surface area contributed by atoms with Crippen LogP contribution in [0.3, 0.4) is 0 Å². The highest BCUT2D eigenvalue weighted by Crippen LogP contribution is 2.34. The predicted molar refractivity (Wildman–Crippen MR) is 75.3 cm³/mol. The summed E-state index contributed by atoms with van der Waals surface area (Å²) in [6.07, 6.45) is 0. The Balaban J connectivity index is 2.14. The van der Waals surface area contributed by atoms with Crippen LogP contribution in [0.15, 0.2) is 59.6 Å².